The van der Waals surface area contributed by atoms with Crippen molar-refractivity contribution in [2.45, 2.75) is 6.10 Å². The first-order valence-corrected chi connectivity index (χ1v) is 3.14. The molecule has 1 N–H and O–H groups in total. The van der Waals surface area contributed by atoms with Crippen LogP contribution < -0.4 is 4.74 Å². The summed E-state index contributed by atoms with van der Waals surface area (Å²) in [6.07, 6.45) is 1.12. The van der Waals surface area contributed by atoms with E-state index in [1.165, 1.54) is 0 Å². The van der Waals surface area contributed by atoms with Gasteiger partial charge in [-0.05, 0) is 12.1 Å². The summed E-state index contributed by atoms with van der Waals surface area (Å²) in [5, 5.41) is 9.19. The number of hydrogen-bond acceptors (Lipinski definition) is 3. The number of aliphatic hydroxyl groups is 1. The van der Waals surface area contributed by atoms with Crippen LogP contribution in [0.5, 0.6) is 5.75 Å². The van der Waals surface area contributed by atoms with E-state index in [-0.39, 0.29) is 0 Å². The van der Waals surface area contributed by atoms with Crippen LogP contribution in [-0.2, 0) is 0 Å². The monoisotopic (exact) mass is 137 g/mol. The van der Waals surface area contributed by atoms with Gasteiger partial charge in [0.15, 0.2) is 0 Å². The predicted octanol–water partition coefficient (Wildman–Crippen LogP) is 0.507. The second kappa shape index (κ2) is 1.95. The molecule has 0 saturated heterocycles. The minimum absolute atomic E-state index is 0.340. The van der Waals surface area contributed by atoms with Crippen LogP contribution in [0.4, 0.5) is 0 Å². The number of rotatable bonds is 0. The van der Waals surface area contributed by atoms with E-state index in [2.05, 4.69) is 4.98 Å². The Morgan fingerprint density at radius 1 is 1.70 bits per heavy atom. The van der Waals surface area contributed by atoms with Gasteiger partial charge in [-0.2, -0.15) is 0 Å². The molecule has 0 fully saturated rings. The van der Waals surface area contributed by atoms with Crippen LogP contribution in [0.15, 0.2) is 18.3 Å². The molecule has 0 radical (unpaired) electrons. The highest BCUT2D eigenvalue weighted by Gasteiger charge is 2.21. The number of aliphatic hydroxyl groups excluding tert-OH is 1. The van der Waals surface area contributed by atoms with Crippen molar-refractivity contribution in [3.05, 3.63) is 24.0 Å². The third-order valence-corrected chi connectivity index (χ3v) is 1.51. The van der Waals surface area contributed by atoms with Gasteiger partial charge < -0.3 is 9.84 Å². The maximum absolute atomic E-state index is 9.19. The van der Waals surface area contributed by atoms with Gasteiger partial charge in [-0.25, -0.2) is 0 Å². The Morgan fingerprint density at radius 3 is 3.40 bits per heavy atom. The third kappa shape index (κ3) is 0.675. The zero-order chi connectivity index (χ0) is 6.97. The minimum Gasteiger partial charge on any atom is -0.488 e. The molecule has 1 atom stereocenters. The number of hydrogen-bond donors (Lipinski definition) is 1. The SMILES string of the molecule is OC1COc2cccnc21. The highest BCUT2D eigenvalue weighted by atomic mass is 16.5. The normalized spacial score (nSPS) is 21.9. The van der Waals surface area contributed by atoms with Gasteiger partial charge in [0.2, 0.25) is 0 Å². The number of ether oxygens (including phenoxy) is 1. The first kappa shape index (κ1) is 5.68. The number of aromatic nitrogens is 1. The van der Waals surface area contributed by atoms with Gasteiger partial charge in [-0.3, -0.25) is 4.98 Å². The summed E-state index contributed by atoms with van der Waals surface area (Å²) in [4.78, 5) is 3.97. The van der Waals surface area contributed by atoms with Gasteiger partial charge in [-0.15, -0.1) is 0 Å². The Balaban J connectivity index is 2.51. The van der Waals surface area contributed by atoms with Crippen molar-refractivity contribution < 1.29 is 9.84 Å². The minimum atomic E-state index is -0.531. The Bertz CT molecular complexity index is 249. The lowest BCUT2D eigenvalue weighted by Gasteiger charge is -1.94. The summed E-state index contributed by atoms with van der Waals surface area (Å²) in [5.41, 5.74) is 0.655. The summed E-state index contributed by atoms with van der Waals surface area (Å²) < 4.78 is 5.10. The summed E-state index contributed by atoms with van der Waals surface area (Å²) in [6.45, 7) is 0.340. The molecule has 10 heavy (non-hydrogen) atoms. The van der Waals surface area contributed by atoms with Crippen LogP contribution in [0.3, 0.4) is 0 Å². The van der Waals surface area contributed by atoms with Crippen molar-refractivity contribution in [3.8, 4) is 5.75 Å². The van der Waals surface area contributed by atoms with Crippen molar-refractivity contribution in [2.24, 2.45) is 0 Å². The number of fused-ring (bicyclic) bond motifs is 1. The fraction of sp³-hybridized carbons (Fsp3) is 0.286. The molecular weight excluding hydrogens is 130 g/mol. The van der Waals surface area contributed by atoms with Crippen molar-refractivity contribution in [2.75, 3.05) is 6.61 Å². The molecule has 1 aliphatic heterocycles. The molecule has 1 unspecified atom stereocenters. The van der Waals surface area contributed by atoms with Crippen LogP contribution in [0.2, 0.25) is 0 Å². The molecule has 0 bridgehead atoms. The predicted molar refractivity (Wildman–Crippen MR) is 34.7 cm³/mol. The maximum atomic E-state index is 9.19. The molecule has 0 aromatic carbocycles. The Morgan fingerprint density at radius 2 is 2.60 bits per heavy atom. The molecule has 2 rings (SSSR count). The van der Waals surface area contributed by atoms with E-state index in [0.717, 1.165) is 0 Å². The van der Waals surface area contributed by atoms with Crippen LogP contribution in [-0.4, -0.2) is 16.7 Å². The topological polar surface area (TPSA) is 42.4 Å². The molecule has 0 amide bonds. The zero-order valence-electron chi connectivity index (χ0n) is 5.32. The van der Waals surface area contributed by atoms with Crippen LogP contribution >= 0.6 is 0 Å². The Labute approximate surface area is 58.3 Å². The Kier molecular flexibility index (Phi) is 1.11. The molecule has 1 aromatic heterocycles. The van der Waals surface area contributed by atoms with E-state index in [1.54, 1.807) is 18.3 Å². The molecule has 0 saturated carbocycles. The fourth-order valence-electron chi connectivity index (χ4n) is 1.02. The van der Waals surface area contributed by atoms with E-state index in [0.29, 0.717) is 18.1 Å². The molecule has 0 spiro atoms. The largest absolute Gasteiger partial charge is 0.488 e. The van der Waals surface area contributed by atoms with Gasteiger partial charge in [-0.1, -0.05) is 0 Å². The van der Waals surface area contributed by atoms with E-state index in [9.17, 15) is 5.11 Å². The lowest BCUT2D eigenvalue weighted by molar-refractivity contribution is 0.138. The highest BCUT2D eigenvalue weighted by Crippen LogP contribution is 2.28. The maximum Gasteiger partial charge on any atom is 0.143 e. The third-order valence-electron chi connectivity index (χ3n) is 1.51. The molecule has 3 nitrogen and oxygen atoms in total. The van der Waals surface area contributed by atoms with E-state index >= 15 is 0 Å². The standard InChI is InChI=1S/C7H7NO2/c9-5-4-10-6-2-1-3-8-7(5)6/h1-3,5,9H,4H2. The molecule has 1 aromatic rings. The first-order chi connectivity index (χ1) is 4.88. The quantitative estimate of drug-likeness (QED) is 0.566. The average Bonchev–Trinajstić information content (AvgIpc) is 2.34. The Hall–Kier alpha value is -1.09. The summed E-state index contributed by atoms with van der Waals surface area (Å²) in [6, 6.07) is 3.59. The molecule has 52 valence electrons. The van der Waals surface area contributed by atoms with Crippen LogP contribution in [0, 0.1) is 0 Å². The zero-order valence-corrected chi connectivity index (χ0v) is 5.32. The van der Waals surface area contributed by atoms with Gasteiger partial charge in [0.05, 0.1) is 0 Å². The summed E-state index contributed by atoms with van der Waals surface area (Å²) in [5.74, 6) is 0.704. The smallest absolute Gasteiger partial charge is 0.143 e. The summed E-state index contributed by atoms with van der Waals surface area (Å²) >= 11 is 0. The molecule has 2 heterocycles. The van der Waals surface area contributed by atoms with E-state index in [4.69, 9.17) is 4.74 Å². The molecule has 1 aliphatic rings. The number of nitrogens with zero attached hydrogens (tertiary/aromatic N) is 1. The van der Waals surface area contributed by atoms with Gasteiger partial charge in [0.25, 0.3) is 0 Å². The summed E-state index contributed by atoms with van der Waals surface area (Å²) in [7, 11) is 0. The highest BCUT2D eigenvalue weighted by molar-refractivity contribution is 5.31. The molecule has 0 aliphatic carbocycles. The van der Waals surface area contributed by atoms with E-state index < -0.39 is 6.10 Å². The van der Waals surface area contributed by atoms with Crippen molar-refractivity contribution in [1.29, 1.82) is 0 Å². The van der Waals surface area contributed by atoms with E-state index in [1.807, 2.05) is 0 Å². The van der Waals surface area contributed by atoms with Crippen molar-refractivity contribution in [1.82, 2.24) is 4.98 Å². The van der Waals surface area contributed by atoms with Crippen LogP contribution in [0.1, 0.15) is 11.8 Å². The average molecular weight is 137 g/mol. The molecule has 3 heteroatoms. The second-order valence-corrected chi connectivity index (χ2v) is 2.21. The first-order valence-electron chi connectivity index (χ1n) is 3.14. The van der Waals surface area contributed by atoms with Crippen LogP contribution in [0.25, 0.3) is 0 Å². The molecular formula is C7H7NO2. The fourth-order valence-corrected chi connectivity index (χ4v) is 1.02. The van der Waals surface area contributed by atoms with Gasteiger partial charge >= 0.3 is 0 Å². The van der Waals surface area contributed by atoms with Crippen molar-refractivity contribution in [3.63, 3.8) is 0 Å². The second-order valence-electron chi connectivity index (χ2n) is 2.21. The van der Waals surface area contributed by atoms with Crippen molar-refractivity contribution >= 4 is 0 Å². The lowest BCUT2D eigenvalue weighted by Crippen LogP contribution is -1.98. The van der Waals surface area contributed by atoms with Gasteiger partial charge in [0, 0.05) is 6.20 Å². The van der Waals surface area contributed by atoms with Gasteiger partial charge in [0.1, 0.15) is 24.2 Å². The number of pyridine rings is 1. The lowest BCUT2D eigenvalue weighted by atomic mass is 10.2.